The molecule has 3 atom stereocenters. The molecule has 2 N–H and O–H groups in total. The monoisotopic (exact) mass is 332 g/mol. The topological polar surface area (TPSA) is 40.5 Å². The van der Waals surface area contributed by atoms with E-state index in [1.54, 1.807) is 0 Å². The molecule has 0 spiro atoms. The largest absolute Gasteiger partial charge is 0.400 e. The first-order valence-corrected chi connectivity index (χ1v) is 6.85. The Morgan fingerprint density at radius 1 is 1.14 bits per heavy atom. The first kappa shape index (κ1) is 17.3. The van der Waals surface area contributed by atoms with Crippen molar-refractivity contribution in [3.8, 4) is 0 Å². The maximum Gasteiger partial charge on any atom is 0.0666 e. The Labute approximate surface area is 104 Å². The van der Waals surface area contributed by atoms with Crippen molar-refractivity contribution in [2.75, 3.05) is 7.11 Å². The summed E-state index contributed by atoms with van der Waals surface area (Å²) in [6, 6.07) is 0. The minimum atomic E-state index is -0.126. The number of hydrogen-bond acceptors (Lipinski definition) is 2. The molecule has 1 aliphatic rings. The molecule has 1 aliphatic carbocycles. The zero-order valence-electron chi connectivity index (χ0n) is 9.21. The lowest BCUT2D eigenvalue weighted by Crippen LogP contribution is -2.29. The first-order valence-electron chi connectivity index (χ1n) is 5.02. The Bertz CT molecular complexity index is 112. The fourth-order valence-electron chi connectivity index (χ4n) is 1.05. The summed E-state index contributed by atoms with van der Waals surface area (Å²) >= 11 is 6.93. The highest BCUT2D eigenvalue weighted by Gasteiger charge is 2.25. The van der Waals surface area contributed by atoms with E-state index in [-0.39, 0.29) is 6.10 Å². The lowest BCUT2D eigenvalue weighted by molar-refractivity contribution is 0.141. The van der Waals surface area contributed by atoms with Crippen molar-refractivity contribution >= 4 is 31.9 Å². The summed E-state index contributed by atoms with van der Waals surface area (Å²) in [6.45, 7) is 4.25. The molecule has 14 heavy (non-hydrogen) atoms. The van der Waals surface area contributed by atoms with Crippen LogP contribution in [0.4, 0.5) is 0 Å². The summed E-state index contributed by atoms with van der Waals surface area (Å²) in [6.07, 6.45) is 4.19. The average molecular weight is 334 g/mol. The standard InChI is InChI=1S/C6H10Br2O.C3H8.CH4O/c7-4-1-2-6(9)5(8)3-4;1-3-2;1-2/h4-6,9H,1-3H2;3H2,1-2H3;2H,1H3. The number of alkyl halides is 2. The molecule has 0 saturated heterocycles. The molecular formula is C10H22Br2O2. The Morgan fingerprint density at radius 3 is 1.86 bits per heavy atom. The fourth-order valence-corrected chi connectivity index (χ4v) is 2.94. The van der Waals surface area contributed by atoms with Gasteiger partial charge < -0.3 is 10.2 Å². The van der Waals surface area contributed by atoms with Crippen molar-refractivity contribution in [1.29, 1.82) is 0 Å². The third kappa shape index (κ3) is 9.44. The van der Waals surface area contributed by atoms with E-state index in [0.717, 1.165) is 26.4 Å². The van der Waals surface area contributed by atoms with Crippen molar-refractivity contribution in [1.82, 2.24) is 0 Å². The van der Waals surface area contributed by atoms with Gasteiger partial charge in [-0.25, -0.2) is 0 Å². The van der Waals surface area contributed by atoms with Crippen LogP contribution >= 0.6 is 31.9 Å². The number of aliphatic hydroxyl groups is 2. The molecule has 0 heterocycles. The Morgan fingerprint density at radius 2 is 1.57 bits per heavy atom. The van der Waals surface area contributed by atoms with E-state index in [9.17, 15) is 5.11 Å². The Hall–Kier alpha value is 0.880. The van der Waals surface area contributed by atoms with E-state index in [2.05, 4.69) is 45.7 Å². The van der Waals surface area contributed by atoms with Crippen LogP contribution in [0.2, 0.25) is 0 Å². The van der Waals surface area contributed by atoms with Gasteiger partial charge in [0.05, 0.1) is 6.10 Å². The molecule has 0 amide bonds. The van der Waals surface area contributed by atoms with Gasteiger partial charge >= 0.3 is 0 Å². The molecule has 1 rings (SSSR count). The van der Waals surface area contributed by atoms with Gasteiger partial charge in [-0.05, 0) is 19.3 Å². The lowest BCUT2D eigenvalue weighted by atomic mass is 9.98. The zero-order chi connectivity index (χ0) is 11.6. The summed E-state index contributed by atoms with van der Waals surface area (Å²) in [5, 5.41) is 16.2. The van der Waals surface area contributed by atoms with Crippen LogP contribution in [-0.4, -0.2) is 33.1 Å². The predicted octanol–water partition coefficient (Wildman–Crippen LogP) is 3.08. The van der Waals surface area contributed by atoms with Crippen LogP contribution in [-0.2, 0) is 0 Å². The average Bonchev–Trinajstić information content (AvgIpc) is 2.17. The summed E-state index contributed by atoms with van der Waals surface area (Å²) in [7, 11) is 1.00. The number of halogens is 2. The molecule has 0 bridgehead atoms. The summed E-state index contributed by atoms with van der Waals surface area (Å²) < 4.78 is 0. The third-order valence-corrected chi connectivity index (χ3v) is 3.49. The molecule has 4 heteroatoms. The quantitative estimate of drug-likeness (QED) is 0.669. The zero-order valence-corrected chi connectivity index (χ0v) is 12.4. The fraction of sp³-hybridized carbons (Fsp3) is 1.00. The van der Waals surface area contributed by atoms with Crippen molar-refractivity contribution in [2.45, 2.75) is 55.3 Å². The van der Waals surface area contributed by atoms with Crippen molar-refractivity contribution in [3.63, 3.8) is 0 Å². The van der Waals surface area contributed by atoms with Gasteiger partial charge in [-0.15, -0.1) is 0 Å². The lowest BCUT2D eigenvalue weighted by Gasteiger charge is -2.26. The van der Waals surface area contributed by atoms with E-state index in [0.29, 0.717) is 9.65 Å². The molecule has 3 unspecified atom stereocenters. The maximum absolute atomic E-state index is 9.23. The van der Waals surface area contributed by atoms with Gasteiger partial charge in [-0.2, -0.15) is 0 Å². The molecular weight excluding hydrogens is 312 g/mol. The highest BCUT2D eigenvalue weighted by Crippen LogP contribution is 2.28. The van der Waals surface area contributed by atoms with E-state index in [4.69, 9.17) is 5.11 Å². The van der Waals surface area contributed by atoms with Gasteiger partial charge in [0.2, 0.25) is 0 Å². The number of rotatable bonds is 0. The van der Waals surface area contributed by atoms with E-state index < -0.39 is 0 Å². The van der Waals surface area contributed by atoms with Crippen LogP contribution in [0.3, 0.4) is 0 Å². The highest BCUT2D eigenvalue weighted by atomic mass is 79.9. The number of aliphatic hydroxyl groups excluding tert-OH is 2. The number of hydrogen-bond donors (Lipinski definition) is 2. The van der Waals surface area contributed by atoms with E-state index >= 15 is 0 Å². The van der Waals surface area contributed by atoms with Crippen LogP contribution in [0.25, 0.3) is 0 Å². The van der Waals surface area contributed by atoms with Gasteiger partial charge in [0.25, 0.3) is 0 Å². The molecule has 1 saturated carbocycles. The van der Waals surface area contributed by atoms with Crippen LogP contribution in [0.15, 0.2) is 0 Å². The molecule has 88 valence electrons. The van der Waals surface area contributed by atoms with E-state index in [1.165, 1.54) is 6.42 Å². The van der Waals surface area contributed by atoms with Crippen LogP contribution in [0.1, 0.15) is 39.5 Å². The molecule has 0 aromatic carbocycles. The second-order valence-electron chi connectivity index (χ2n) is 3.20. The highest BCUT2D eigenvalue weighted by molar-refractivity contribution is 9.10. The Kier molecular flexibility index (Phi) is 14.8. The van der Waals surface area contributed by atoms with Crippen LogP contribution in [0.5, 0.6) is 0 Å². The van der Waals surface area contributed by atoms with Crippen molar-refractivity contribution < 1.29 is 10.2 Å². The third-order valence-electron chi connectivity index (χ3n) is 1.67. The van der Waals surface area contributed by atoms with Crippen molar-refractivity contribution in [2.24, 2.45) is 0 Å². The minimum Gasteiger partial charge on any atom is -0.400 e. The molecule has 1 fully saturated rings. The van der Waals surface area contributed by atoms with Gasteiger partial charge in [-0.3, -0.25) is 0 Å². The minimum absolute atomic E-state index is 0.126. The smallest absolute Gasteiger partial charge is 0.0666 e. The van der Waals surface area contributed by atoms with E-state index in [1.807, 2.05) is 0 Å². The predicted molar refractivity (Wildman–Crippen MR) is 69.4 cm³/mol. The normalized spacial score (nSPS) is 30.6. The summed E-state index contributed by atoms with van der Waals surface area (Å²) in [5.41, 5.74) is 0. The molecule has 2 nitrogen and oxygen atoms in total. The molecule has 0 radical (unpaired) electrons. The van der Waals surface area contributed by atoms with Crippen molar-refractivity contribution in [3.05, 3.63) is 0 Å². The molecule has 0 aliphatic heterocycles. The van der Waals surface area contributed by atoms with Gasteiger partial charge in [0.1, 0.15) is 0 Å². The second-order valence-corrected chi connectivity index (χ2v) is 5.67. The Balaban J connectivity index is 0. The van der Waals surface area contributed by atoms with Crippen LogP contribution in [0, 0.1) is 0 Å². The maximum atomic E-state index is 9.23. The SMILES string of the molecule is CCC.CO.OC1CCC(Br)CC1Br. The molecule has 0 aromatic heterocycles. The second kappa shape index (κ2) is 12.0. The van der Waals surface area contributed by atoms with Gasteiger partial charge in [-0.1, -0.05) is 52.1 Å². The summed E-state index contributed by atoms with van der Waals surface area (Å²) in [4.78, 5) is 0.904. The van der Waals surface area contributed by atoms with Crippen LogP contribution < -0.4 is 0 Å². The summed E-state index contributed by atoms with van der Waals surface area (Å²) in [5.74, 6) is 0. The first-order chi connectivity index (χ1) is 6.61. The van der Waals surface area contributed by atoms with Gasteiger partial charge in [0.15, 0.2) is 0 Å². The molecule has 0 aromatic rings. The van der Waals surface area contributed by atoms with Gasteiger partial charge in [0, 0.05) is 16.8 Å².